The summed E-state index contributed by atoms with van der Waals surface area (Å²) < 4.78 is 5.31. The highest BCUT2D eigenvalue weighted by Crippen LogP contribution is 2.29. The number of carbonyl (C=O) groups is 2. The normalized spacial score (nSPS) is 16.8. The lowest BCUT2D eigenvalue weighted by Gasteiger charge is -2.08. The van der Waals surface area contributed by atoms with E-state index in [1.54, 1.807) is 37.5 Å². The second kappa shape index (κ2) is 7.58. The lowest BCUT2D eigenvalue weighted by atomic mass is 10.0. The maximum absolute atomic E-state index is 12.2. The number of hydrogen-bond acceptors (Lipinski definition) is 4. The van der Waals surface area contributed by atoms with Gasteiger partial charge in [0.25, 0.3) is 11.8 Å². The van der Waals surface area contributed by atoms with E-state index in [9.17, 15) is 9.59 Å². The third-order valence-corrected chi connectivity index (χ3v) is 4.85. The van der Waals surface area contributed by atoms with Gasteiger partial charge in [0.15, 0.2) is 5.17 Å². The monoisotopic (exact) mass is 366 g/mol. The molecule has 26 heavy (non-hydrogen) atoms. The number of nitrogens with one attached hydrogen (secondary N) is 1. The summed E-state index contributed by atoms with van der Waals surface area (Å²) in [5.74, 6) is 0.164. The van der Waals surface area contributed by atoms with Gasteiger partial charge < -0.3 is 10.1 Å². The van der Waals surface area contributed by atoms with Crippen LogP contribution in [0.25, 0.3) is 6.08 Å². The highest BCUT2D eigenvalue weighted by Gasteiger charge is 2.25. The zero-order chi connectivity index (χ0) is 18.7. The van der Waals surface area contributed by atoms with Crippen LogP contribution in [0.2, 0.25) is 0 Å². The molecule has 0 aliphatic carbocycles. The summed E-state index contributed by atoms with van der Waals surface area (Å²) in [6, 6.07) is 12.7. The summed E-state index contributed by atoms with van der Waals surface area (Å²) in [5, 5.41) is 2.93. The van der Waals surface area contributed by atoms with Gasteiger partial charge in [-0.05, 0) is 72.6 Å². The maximum atomic E-state index is 12.2. The first-order chi connectivity index (χ1) is 12.5. The Morgan fingerprint density at radius 2 is 1.88 bits per heavy atom. The number of amides is 2. The third kappa shape index (κ3) is 3.86. The van der Waals surface area contributed by atoms with Gasteiger partial charge in [0.05, 0.1) is 12.0 Å². The van der Waals surface area contributed by atoms with E-state index in [1.807, 2.05) is 32.0 Å². The van der Waals surface area contributed by atoms with Gasteiger partial charge in [-0.2, -0.15) is 4.99 Å². The molecule has 0 bridgehead atoms. The topological polar surface area (TPSA) is 67.8 Å². The minimum Gasteiger partial charge on any atom is -0.496 e. The van der Waals surface area contributed by atoms with Crippen LogP contribution >= 0.6 is 11.8 Å². The van der Waals surface area contributed by atoms with Crippen molar-refractivity contribution in [2.75, 3.05) is 7.11 Å². The van der Waals surface area contributed by atoms with Gasteiger partial charge in [-0.1, -0.05) is 18.2 Å². The Kier molecular flexibility index (Phi) is 5.23. The lowest BCUT2D eigenvalue weighted by Crippen LogP contribution is -2.20. The quantitative estimate of drug-likeness (QED) is 0.841. The minimum atomic E-state index is -0.383. The van der Waals surface area contributed by atoms with Gasteiger partial charge in [0.2, 0.25) is 0 Å². The van der Waals surface area contributed by atoms with E-state index in [4.69, 9.17) is 4.74 Å². The third-order valence-electron chi connectivity index (χ3n) is 3.94. The Balaban J connectivity index is 1.84. The van der Waals surface area contributed by atoms with Gasteiger partial charge in [-0.15, -0.1) is 0 Å². The molecule has 2 aromatic carbocycles. The Labute approximate surface area is 156 Å². The molecule has 3 rings (SSSR count). The number of benzene rings is 2. The molecule has 0 spiro atoms. The first kappa shape index (κ1) is 17.9. The van der Waals surface area contributed by atoms with E-state index in [0.717, 1.165) is 34.2 Å². The van der Waals surface area contributed by atoms with E-state index >= 15 is 0 Å². The molecular weight excluding hydrogens is 348 g/mol. The molecule has 5 nitrogen and oxygen atoms in total. The molecule has 0 unspecified atom stereocenters. The number of carbonyl (C=O) groups excluding carboxylic acids is 2. The minimum absolute atomic E-state index is 0.262. The fraction of sp³-hybridized carbons (Fsp3) is 0.150. The zero-order valence-corrected chi connectivity index (χ0v) is 15.5. The van der Waals surface area contributed by atoms with Gasteiger partial charge >= 0.3 is 0 Å². The Morgan fingerprint density at radius 1 is 1.15 bits per heavy atom. The molecule has 2 aromatic rings. The van der Waals surface area contributed by atoms with Crippen molar-refractivity contribution in [3.8, 4) is 5.75 Å². The van der Waals surface area contributed by atoms with Crippen molar-refractivity contribution >= 4 is 34.8 Å². The molecule has 1 N–H and O–H groups in total. The molecule has 1 aliphatic heterocycles. The number of ether oxygens (including phenoxy) is 1. The van der Waals surface area contributed by atoms with Crippen LogP contribution in [0, 0.1) is 13.8 Å². The van der Waals surface area contributed by atoms with Crippen molar-refractivity contribution in [2.24, 2.45) is 4.99 Å². The van der Waals surface area contributed by atoms with Crippen LogP contribution in [0.1, 0.15) is 27.0 Å². The number of hydrogen-bond donors (Lipinski definition) is 1. The van der Waals surface area contributed by atoms with Crippen LogP contribution < -0.4 is 10.1 Å². The van der Waals surface area contributed by atoms with E-state index in [2.05, 4.69) is 10.3 Å². The smallest absolute Gasteiger partial charge is 0.279 e. The van der Waals surface area contributed by atoms with Crippen molar-refractivity contribution in [3.05, 3.63) is 69.6 Å². The van der Waals surface area contributed by atoms with Crippen molar-refractivity contribution in [1.29, 1.82) is 0 Å². The van der Waals surface area contributed by atoms with Gasteiger partial charge in [-0.3, -0.25) is 9.59 Å². The number of methoxy groups -OCH3 is 1. The number of nitrogens with zero attached hydrogens (tertiary/aromatic N) is 1. The van der Waals surface area contributed by atoms with Crippen molar-refractivity contribution < 1.29 is 14.3 Å². The van der Waals surface area contributed by atoms with E-state index < -0.39 is 0 Å². The number of rotatable bonds is 3. The SMILES string of the molecule is COc1cc(C)c(/C=C2\SC(=NC(=O)c3ccccc3)NC2=O)cc1C. The van der Waals surface area contributed by atoms with Crippen LogP contribution in [0.4, 0.5) is 0 Å². The van der Waals surface area contributed by atoms with E-state index in [0.29, 0.717) is 10.5 Å². The summed E-state index contributed by atoms with van der Waals surface area (Å²) in [5.41, 5.74) is 3.39. The van der Waals surface area contributed by atoms with Gasteiger partial charge in [-0.25, -0.2) is 0 Å². The van der Waals surface area contributed by atoms with Crippen molar-refractivity contribution in [3.63, 3.8) is 0 Å². The average Bonchev–Trinajstić information content (AvgIpc) is 2.97. The Bertz CT molecular complexity index is 934. The van der Waals surface area contributed by atoms with Crippen LogP contribution in [0.3, 0.4) is 0 Å². The molecule has 2 amide bonds. The number of thioether (sulfide) groups is 1. The van der Waals surface area contributed by atoms with Crippen molar-refractivity contribution in [1.82, 2.24) is 5.32 Å². The lowest BCUT2D eigenvalue weighted by molar-refractivity contribution is -0.115. The number of aryl methyl sites for hydroxylation is 2. The molecular formula is C20H18N2O3S. The predicted octanol–water partition coefficient (Wildman–Crippen LogP) is 3.71. The number of amidine groups is 1. The van der Waals surface area contributed by atoms with Crippen molar-refractivity contribution in [2.45, 2.75) is 13.8 Å². The summed E-state index contributed by atoms with van der Waals surface area (Å²) in [4.78, 5) is 28.9. The summed E-state index contributed by atoms with van der Waals surface area (Å²) in [7, 11) is 1.63. The van der Waals surface area contributed by atoms with Crippen LogP contribution in [0.5, 0.6) is 5.75 Å². The first-order valence-corrected chi connectivity index (χ1v) is 8.84. The molecule has 0 radical (unpaired) electrons. The average molecular weight is 366 g/mol. The summed E-state index contributed by atoms with van der Waals surface area (Å²) in [6.07, 6.45) is 1.80. The highest BCUT2D eigenvalue weighted by atomic mass is 32.2. The van der Waals surface area contributed by atoms with E-state index in [1.165, 1.54) is 0 Å². The highest BCUT2D eigenvalue weighted by molar-refractivity contribution is 8.18. The van der Waals surface area contributed by atoms with Gasteiger partial charge in [0, 0.05) is 5.56 Å². The second-order valence-corrected chi connectivity index (χ2v) is 6.86. The molecule has 0 atom stereocenters. The van der Waals surface area contributed by atoms with Crippen LogP contribution in [-0.4, -0.2) is 24.1 Å². The largest absolute Gasteiger partial charge is 0.496 e. The predicted molar refractivity (Wildman–Crippen MR) is 104 cm³/mol. The Morgan fingerprint density at radius 3 is 2.58 bits per heavy atom. The molecule has 1 fully saturated rings. The molecule has 6 heteroatoms. The Hall–Kier alpha value is -2.86. The molecule has 1 heterocycles. The fourth-order valence-electron chi connectivity index (χ4n) is 2.55. The van der Waals surface area contributed by atoms with E-state index in [-0.39, 0.29) is 17.0 Å². The second-order valence-electron chi connectivity index (χ2n) is 5.83. The maximum Gasteiger partial charge on any atom is 0.279 e. The summed E-state index contributed by atoms with van der Waals surface area (Å²) in [6.45, 7) is 3.91. The molecule has 132 valence electrons. The summed E-state index contributed by atoms with van der Waals surface area (Å²) >= 11 is 1.16. The molecule has 1 saturated heterocycles. The van der Waals surface area contributed by atoms with Crippen LogP contribution in [-0.2, 0) is 4.79 Å². The molecule has 1 aliphatic rings. The number of aliphatic imine (C=N–C) groups is 1. The fourth-order valence-corrected chi connectivity index (χ4v) is 3.36. The standard InChI is InChI=1S/C20H18N2O3S/c1-12-10-16(25-3)13(2)9-15(12)11-17-19(24)22-20(26-17)21-18(23)14-7-5-4-6-8-14/h4-11H,1-3H3,(H,21,22,23,24)/b17-11-. The van der Waals surface area contributed by atoms with Gasteiger partial charge in [0.1, 0.15) is 5.75 Å². The zero-order valence-electron chi connectivity index (χ0n) is 14.7. The first-order valence-electron chi connectivity index (χ1n) is 8.02. The molecule has 0 saturated carbocycles. The van der Waals surface area contributed by atoms with Crippen LogP contribution in [0.15, 0.2) is 52.4 Å². The molecule has 0 aromatic heterocycles.